The molecule has 0 bridgehead atoms. The number of sulfonamides is 1. The number of imidazole rings is 1. The molecule has 1 fully saturated rings. The highest BCUT2D eigenvalue weighted by atomic mass is 32.2. The molecule has 1 saturated carbocycles. The summed E-state index contributed by atoms with van der Waals surface area (Å²) in [6, 6.07) is 4.74. The average molecular weight is 467 g/mol. The van der Waals surface area contributed by atoms with Crippen LogP contribution in [0.25, 0.3) is 16.2 Å². The van der Waals surface area contributed by atoms with Gasteiger partial charge in [-0.1, -0.05) is 11.3 Å². The fourth-order valence-electron chi connectivity index (χ4n) is 3.73. The predicted molar refractivity (Wildman–Crippen MR) is 117 cm³/mol. The third-order valence-electron chi connectivity index (χ3n) is 5.44. The molecule has 0 unspecified atom stereocenters. The van der Waals surface area contributed by atoms with E-state index in [1.165, 1.54) is 18.4 Å². The number of benzene rings is 1. The first-order valence-corrected chi connectivity index (χ1v) is 12.2. The van der Waals surface area contributed by atoms with Gasteiger partial charge in [0, 0.05) is 18.2 Å². The van der Waals surface area contributed by atoms with Crippen molar-refractivity contribution < 1.29 is 23.4 Å². The first kappa shape index (κ1) is 22.2. The fourth-order valence-corrected chi connectivity index (χ4v) is 6.13. The number of hydrogen-bond donors (Lipinski definition) is 3. The summed E-state index contributed by atoms with van der Waals surface area (Å²) in [5.74, 6) is 0.376. The molecule has 9 nitrogen and oxygen atoms in total. The summed E-state index contributed by atoms with van der Waals surface area (Å²) in [5, 5.41) is 24.5. The Morgan fingerprint density at radius 3 is 2.68 bits per heavy atom. The van der Waals surface area contributed by atoms with Crippen LogP contribution in [-0.4, -0.2) is 53.0 Å². The van der Waals surface area contributed by atoms with Crippen molar-refractivity contribution in [3.8, 4) is 17.0 Å². The molecule has 0 saturated heterocycles. The molecule has 1 aromatic carbocycles. The summed E-state index contributed by atoms with van der Waals surface area (Å²) in [5.41, 5.74) is 0.877. The number of aliphatic hydroxyl groups excluding tert-OH is 1. The highest BCUT2D eigenvalue weighted by Crippen LogP contribution is 2.35. The summed E-state index contributed by atoms with van der Waals surface area (Å²) in [6.45, 7) is 5.21. The van der Waals surface area contributed by atoms with Gasteiger partial charge in [0.25, 0.3) is 0 Å². The van der Waals surface area contributed by atoms with Crippen LogP contribution in [-0.2, 0) is 15.6 Å². The summed E-state index contributed by atoms with van der Waals surface area (Å²) in [7, 11) is -2.41. The highest BCUT2D eigenvalue weighted by molar-refractivity contribution is 7.89. The van der Waals surface area contributed by atoms with Crippen LogP contribution in [0.15, 0.2) is 23.1 Å². The molecule has 0 aliphatic heterocycles. The minimum absolute atomic E-state index is 0.0345. The molecule has 3 aromatic rings. The topological polar surface area (TPSA) is 126 Å². The Labute approximate surface area is 184 Å². The van der Waals surface area contributed by atoms with Gasteiger partial charge in [0.2, 0.25) is 15.0 Å². The molecule has 4 rings (SSSR count). The SMILES string of the molecule is COc1ccc(-c2c(C)nc3sc(C(C)(C)O)nn23)cc1S(=O)(=O)NC1CC(CO)C1. The number of nitrogens with one attached hydrogen (secondary N) is 1. The zero-order valence-corrected chi connectivity index (χ0v) is 19.4. The molecule has 0 spiro atoms. The van der Waals surface area contributed by atoms with E-state index in [0.29, 0.717) is 39.8 Å². The van der Waals surface area contributed by atoms with Crippen LogP contribution in [0.3, 0.4) is 0 Å². The second kappa shape index (κ2) is 7.82. The first-order valence-electron chi connectivity index (χ1n) is 9.94. The Morgan fingerprint density at radius 2 is 2.06 bits per heavy atom. The Balaban J connectivity index is 1.76. The van der Waals surface area contributed by atoms with E-state index in [2.05, 4.69) is 14.8 Å². The van der Waals surface area contributed by atoms with Gasteiger partial charge in [0.05, 0.1) is 18.5 Å². The van der Waals surface area contributed by atoms with E-state index >= 15 is 0 Å². The van der Waals surface area contributed by atoms with Gasteiger partial charge < -0.3 is 14.9 Å². The molecule has 1 aliphatic rings. The van der Waals surface area contributed by atoms with E-state index in [-0.39, 0.29) is 29.2 Å². The highest BCUT2D eigenvalue weighted by Gasteiger charge is 2.33. The minimum Gasteiger partial charge on any atom is -0.495 e. The van der Waals surface area contributed by atoms with Crippen LogP contribution in [0, 0.1) is 12.8 Å². The Kier molecular flexibility index (Phi) is 5.59. The van der Waals surface area contributed by atoms with Gasteiger partial charge in [-0.3, -0.25) is 0 Å². The lowest BCUT2D eigenvalue weighted by molar-refractivity contribution is 0.0773. The van der Waals surface area contributed by atoms with Gasteiger partial charge >= 0.3 is 0 Å². The number of hydrogen-bond acceptors (Lipinski definition) is 8. The van der Waals surface area contributed by atoms with Crippen LogP contribution >= 0.6 is 11.3 Å². The smallest absolute Gasteiger partial charge is 0.244 e. The van der Waals surface area contributed by atoms with E-state index in [1.807, 2.05) is 6.92 Å². The van der Waals surface area contributed by atoms with Crippen LogP contribution < -0.4 is 9.46 Å². The van der Waals surface area contributed by atoms with E-state index < -0.39 is 15.6 Å². The van der Waals surface area contributed by atoms with Crippen molar-refractivity contribution in [1.29, 1.82) is 0 Å². The van der Waals surface area contributed by atoms with E-state index in [9.17, 15) is 18.6 Å². The van der Waals surface area contributed by atoms with Gasteiger partial charge in [-0.15, -0.1) is 0 Å². The Bertz CT molecular complexity index is 1220. The van der Waals surface area contributed by atoms with Crippen LogP contribution in [0.1, 0.15) is 37.4 Å². The normalized spacial score (nSPS) is 19.5. The zero-order valence-electron chi connectivity index (χ0n) is 17.8. The molecule has 31 heavy (non-hydrogen) atoms. The molecule has 2 aromatic heterocycles. The largest absolute Gasteiger partial charge is 0.495 e. The Hall–Kier alpha value is -2.05. The molecule has 1 aliphatic carbocycles. The van der Waals surface area contributed by atoms with E-state index in [1.54, 1.807) is 36.6 Å². The van der Waals surface area contributed by atoms with Gasteiger partial charge in [0.15, 0.2) is 0 Å². The lowest BCUT2D eigenvalue weighted by Crippen LogP contribution is -2.45. The third kappa shape index (κ3) is 4.08. The maximum Gasteiger partial charge on any atom is 0.244 e. The maximum atomic E-state index is 13.1. The summed E-state index contributed by atoms with van der Waals surface area (Å²) >= 11 is 1.29. The van der Waals surface area contributed by atoms with Crippen molar-refractivity contribution in [2.75, 3.05) is 13.7 Å². The lowest BCUT2D eigenvalue weighted by Gasteiger charge is -2.34. The number of methoxy groups -OCH3 is 1. The summed E-state index contributed by atoms with van der Waals surface area (Å²) in [6.07, 6.45) is 1.22. The second-order valence-corrected chi connectivity index (χ2v) is 11.0. The van der Waals surface area contributed by atoms with Crippen molar-refractivity contribution in [3.63, 3.8) is 0 Å². The Morgan fingerprint density at radius 1 is 1.35 bits per heavy atom. The zero-order chi connectivity index (χ0) is 22.6. The van der Waals surface area contributed by atoms with Gasteiger partial charge in [-0.2, -0.15) is 5.10 Å². The monoisotopic (exact) mass is 466 g/mol. The van der Waals surface area contributed by atoms with Gasteiger partial charge in [0.1, 0.15) is 21.3 Å². The average Bonchev–Trinajstić information content (AvgIpc) is 3.20. The van der Waals surface area contributed by atoms with Gasteiger partial charge in [-0.25, -0.2) is 22.6 Å². The molecule has 3 N–H and O–H groups in total. The number of rotatable bonds is 7. The maximum absolute atomic E-state index is 13.1. The molecular weight excluding hydrogens is 440 g/mol. The predicted octanol–water partition coefficient (Wildman–Crippen LogP) is 2.05. The lowest BCUT2D eigenvalue weighted by atomic mass is 9.82. The molecule has 0 amide bonds. The fraction of sp³-hybridized carbons (Fsp3) is 0.500. The number of aromatic nitrogens is 3. The van der Waals surface area contributed by atoms with Crippen LogP contribution in [0.2, 0.25) is 0 Å². The number of fused-ring (bicyclic) bond motifs is 1. The quantitative estimate of drug-likeness (QED) is 0.486. The molecule has 11 heteroatoms. The second-order valence-electron chi connectivity index (χ2n) is 8.41. The molecule has 168 valence electrons. The number of aryl methyl sites for hydroxylation is 1. The van der Waals surface area contributed by atoms with Crippen molar-refractivity contribution in [2.45, 2.75) is 50.2 Å². The van der Waals surface area contributed by atoms with Crippen molar-refractivity contribution in [3.05, 3.63) is 28.9 Å². The van der Waals surface area contributed by atoms with Crippen molar-refractivity contribution in [1.82, 2.24) is 19.3 Å². The molecule has 0 atom stereocenters. The van der Waals surface area contributed by atoms with E-state index in [4.69, 9.17) is 4.74 Å². The first-order chi connectivity index (χ1) is 14.5. The van der Waals surface area contributed by atoms with E-state index in [0.717, 1.165) is 0 Å². The van der Waals surface area contributed by atoms with Crippen molar-refractivity contribution in [2.24, 2.45) is 5.92 Å². The van der Waals surface area contributed by atoms with Crippen molar-refractivity contribution >= 4 is 26.3 Å². The van der Waals surface area contributed by atoms with Crippen LogP contribution in [0.5, 0.6) is 5.75 Å². The third-order valence-corrected chi connectivity index (χ3v) is 8.21. The van der Waals surface area contributed by atoms with Crippen LogP contribution in [0.4, 0.5) is 0 Å². The standard InChI is InChI=1S/C20H26N4O5S2/c1-11-17(24-19(21-11)30-18(22-24)20(2,3)26)13-5-6-15(29-4)16(9-13)31(27,28)23-14-7-12(8-14)10-25/h5-6,9,12,14,23,25-26H,7-8,10H2,1-4H3. The summed E-state index contributed by atoms with van der Waals surface area (Å²) in [4.78, 5) is 5.19. The minimum atomic E-state index is -3.84. The van der Waals surface area contributed by atoms with Gasteiger partial charge in [-0.05, 0) is 57.7 Å². The molecule has 0 radical (unpaired) electrons. The molecule has 2 heterocycles. The summed E-state index contributed by atoms with van der Waals surface area (Å²) < 4.78 is 35.8. The number of nitrogens with zero attached hydrogens (tertiary/aromatic N) is 3. The molecular formula is C20H26N4O5S2. The number of ether oxygens (including phenoxy) is 1. The number of aliphatic hydroxyl groups is 2.